The molecule has 1 amide bonds. The number of anilines is 1. The Morgan fingerprint density at radius 3 is 2.68 bits per heavy atom. The third-order valence-corrected chi connectivity index (χ3v) is 7.47. The zero-order valence-electron chi connectivity index (χ0n) is 18.2. The number of hydrogen-bond donors (Lipinski definition) is 1. The molecule has 34 heavy (non-hydrogen) atoms. The Morgan fingerprint density at radius 2 is 1.94 bits per heavy atom. The van der Waals surface area contributed by atoms with Crippen molar-refractivity contribution in [2.45, 2.75) is 24.1 Å². The van der Waals surface area contributed by atoms with E-state index >= 15 is 0 Å². The van der Waals surface area contributed by atoms with Gasteiger partial charge in [0, 0.05) is 37.8 Å². The topological polar surface area (TPSA) is 84.7 Å². The van der Waals surface area contributed by atoms with Crippen LogP contribution in [0.2, 0.25) is 5.02 Å². The first-order chi connectivity index (χ1) is 16.3. The van der Waals surface area contributed by atoms with Gasteiger partial charge in [-0.05, 0) is 49.0 Å². The third-order valence-electron chi connectivity index (χ3n) is 6.72. The van der Waals surface area contributed by atoms with E-state index in [0.29, 0.717) is 34.1 Å². The largest absolute Gasteiger partial charge is 0.489 e. The number of ether oxygens (including phenoxy) is 1. The molecule has 0 unspecified atom stereocenters. The van der Waals surface area contributed by atoms with E-state index in [1.54, 1.807) is 48.3 Å². The maximum Gasteiger partial charge on any atom is 0.256 e. The van der Waals surface area contributed by atoms with Gasteiger partial charge in [0.25, 0.3) is 11.9 Å². The molecule has 0 aromatic heterocycles. The smallest absolute Gasteiger partial charge is 0.256 e. The number of benzene rings is 3. The van der Waals surface area contributed by atoms with Crippen LogP contribution < -0.4 is 10.1 Å². The lowest BCUT2D eigenvalue weighted by atomic mass is 9.79. The fourth-order valence-corrected chi connectivity index (χ4v) is 5.75. The zero-order valence-corrected chi connectivity index (χ0v) is 20.5. The molecule has 5 rings (SSSR count). The fourth-order valence-electron chi connectivity index (χ4n) is 5.24. The van der Waals surface area contributed by atoms with Crippen molar-refractivity contribution in [3.63, 3.8) is 0 Å². The summed E-state index contributed by atoms with van der Waals surface area (Å²) in [5.41, 5.74) is 1.45. The lowest BCUT2D eigenvalue weighted by Gasteiger charge is -2.30. The molecule has 2 aliphatic heterocycles. The molecule has 0 aliphatic carbocycles. The second-order valence-electron chi connectivity index (χ2n) is 8.58. The van der Waals surface area contributed by atoms with Gasteiger partial charge in [0.1, 0.15) is 12.4 Å². The highest BCUT2D eigenvalue weighted by Crippen LogP contribution is 2.53. The molecule has 0 saturated carbocycles. The van der Waals surface area contributed by atoms with Gasteiger partial charge in [-0.3, -0.25) is 19.8 Å². The number of nitrogens with zero attached hydrogens (tertiary/aromatic N) is 2. The molecule has 1 N–H and O–H groups in total. The van der Waals surface area contributed by atoms with Crippen molar-refractivity contribution in [3.8, 4) is 5.75 Å². The molecule has 0 bridgehead atoms. The number of likely N-dealkylation sites (tertiary alicyclic amines) is 1. The Morgan fingerprint density at radius 1 is 1.21 bits per heavy atom. The van der Waals surface area contributed by atoms with Gasteiger partial charge >= 0.3 is 0 Å². The zero-order chi connectivity index (χ0) is 24.0. The van der Waals surface area contributed by atoms with Crippen LogP contribution in [0.5, 0.6) is 5.75 Å². The standard InChI is InChI=1S/C25H21BrClN3O4/c1-29-13-19(23(30(32)33)25(29)20-4-2-3-5-21(20)28-24(25)31)18-12-16(26)8-11-22(18)34-14-15-6-9-17(27)10-7-15/h2-12,19,23H,13-14H2,1H3,(H,28,31)/t19-,23-,25+/m1/s1. The van der Waals surface area contributed by atoms with E-state index in [9.17, 15) is 14.9 Å². The highest BCUT2D eigenvalue weighted by Gasteiger charge is 2.68. The average molecular weight is 543 g/mol. The molecule has 7 nitrogen and oxygen atoms in total. The van der Waals surface area contributed by atoms with Crippen LogP contribution in [0.25, 0.3) is 0 Å². The normalized spacial score (nSPS) is 23.7. The predicted octanol–water partition coefficient (Wildman–Crippen LogP) is 5.20. The number of nitro groups is 1. The maximum absolute atomic E-state index is 13.3. The van der Waals surface area contributed by atoms with E-state index in [0.717, 1.165) is 10.0 Å². The molecule has 1 fully saturated rings. The van der Waals surface area contributed by atoms with E-state index in [2.05, 4.69) is 21.2 Å². The molecular formula is C25H21BrClN3O4. The number of nitrogens with one attached hydrogen (secondary N) is 1. The van der Waals surface area contributed by atoms with Crippen LogP contribution in [0.1, 0.15) is 22.6 Å². The van der Waals surface area contributed by atoms with Crippen LogP contribution in [0, 0.1) is 10.1 Å². The summed E-state index contributed by atoms with van der Waals surface area (Å²) in [7, 11) is 1.77. The van der Waals surface area contributed by atoms with Gasteiger partial charge < -0.3 is 10.1 Å². The third kappa shape index (κ3) is 3.57. The summed E-state index contributed by atoms with van der Waals surface area (Å²) in [6, 6.07) is 18.8. The number of rotatable bonds is 5. The number of hydrogen-bond acceptors (Lipinski definition) is 5. The minimum Gasteiger partial charge on any atom is -0.489 e. The summed E-state index contributed by atoms with van der Waals surface area (Å²) >= 11 is 9.48. The monoisotopic (exact) mass is 541 g/mol. The Balaban J connectivity index is 1.56. The lowest BCUT2D eigenvalue weighted by Crippen LogP contribution is -2.54. The molecule has 3 aromatic carbocycles. The van der Waals surface area contributed by atoms with Crippen LogP contribution in [0.15, 0.2) is 71.2 Å². The first-order valence-corrected chi connectivity index (χ1v) is 11.9. The van der Waals surface area contributed by atoms with Gasteiger partial charge in [0.2, 0.25) is 0 Å². The van der Waals surface area contributed by atoms with Crippen molar-refractivity contribution in [3.05, 3.63) is 103 Å². The first-order valence-electron chi connectivity index (χ1n) is 10.7. The molecule has 174 valence electrons. The molecule has 3 atom stereocenters. The highest BCUT2D eigenvalue weighted by atomic mass is 79.9. The molecule has 0 radical (unpaired) electrons. The van der Waals surface area contributed by atoms with Crippen molar-refractivity contribution in [1.82, 2.24) is 4.90 Å². The van der Waals surface area contributed by atoms with Crippen molar-refractivity contribution in [2.75, 3.05) is 18.9 Å². The van der Waals surface area contributed by atoms with Crippen LogP contribution >= 0.6 is 27.5 Å². The number of para-hydroxylation sites is 1. The molecule has 2 aliphatic rings. The summed E-state index contributed by atoms with van der Waals surface area (Å²) in [5.74, 6) is -0.402. The highest BCUT2D eigenvalue weighted by molar-refractivity contribution is 9.10. The number of amides is 1. The summed E-state index contributed by atoms with van der Waals surface area (Å²) in [4.78, 5) is 27.4. The number of fused-ring (bicyclic) bond motifs is 2. The van der Waals surface area contributed by atoms with E-state index in [1.807, 2.05) is 30.3 Å². The van der Waals surface area contributed by atoms with E-state index in [-0.39, 0.29) is 17.4 Å². The Labute approximate surface area is 209 Å². The molecule has 1 spiro atoms. The summed E-state index contributed by atoms with van der Waals surface area (Å²) in [6.07, 6.45) is 0. The van der Waals surface area contributed by atoms with Gasteiger partial charge in [-0.25, -0.2) is 0 Å². The second kappa shape index (κ2) is 8.69. The van der Waals surface area contributed by atoms with Crippen LogP contribution in [-0.2, 0) is 16.9 Å². The molecule has 9 heteroatoms. The minimum absolute atomic E-state index is 0.284. The van der Waals surface area contributed by atoms with Crippen LogP contribution in [0.4, 0.5) is 5.69 Å². The summed E-state index contributed by atoms with van der Waals surface area (Å²) in [5, 5.41) is 16.1. The lowest BCUT2D eigenvalue weighted by molar-refractivity contribution is -0.534. The Hall–Kier alpha value is -2.94. The molecule has 1 saturated heterocycles. The van der Waals surface area contributed by atoms with Gasteiger partial charge in [0.15, 0.2) is 5.54 Å². The number of likely N-dealkylation sites (N-methyl/N-ethyl adjacent to an activating group) is 1. The predicted molar refractivity (Wildman–Crippen MR) is 133 cm³/mol. The van der Waals surface area contributed by atoms with Crippen molar-refractivity contribution < 1.29 is 14.5 Å². The van der Waals surface area contributed by atoms with E-state index in [1.165, 1.54) is 0 Å². The molecular weight excluding hydrogens is 522 g/mol. The van der Waals surface area contributed by atoms with E-state index in [4.69, 9.17) is 16.3 Å². The fraction of sp³-hybridized carbons (Fsp3) is 0.240. The first kappa shape index (κ1) is 22.8. The Kier molecular flexibility index (Phi) is 5.83. The average Bonchev–Trinajstić information content (AvgIpc) is 3.29. The van der Waals surface area contributed by atoms with Crippen LogP contribution in [-0.4, -0.2) is 35.4 Å². The minimum atomic E-state index is -1.40. The Bertz CT molecular complexity index is 1290. The quantitative estimate of drug-likeness (QED) is 0.354. The molecule has 2 heterocycles. The van der Waals surface area contributed by atoms with Gasteiger partial charge in [-0.1, -0.05) is 57.9 Å². The van der Waals surface area contributed by atoms with Gasteiger partial charge in [0.05, 0.1) is 5.92 Å². The molecule has 3 aromatic rings. The number of halogens is 2. The number of carbonyl (C=O) groups excluding carboxylic acids is 1. The SMILES string of the molecule is CN1C[C@H](c2cc(Br)ccc2OCc2ccc(Cl)cc2)[C@@H]([N+](=O)[O-])[C@@]12C(=O)Nc1ccccc12. The summed E-state index contributed by atoms with van der Waals surface area (Å²) in [6.45, 7) is 0.604. The van der Waals surface area contributed by atoms with Crippen molar-refractivity contribution in [1.29, 1.82) is 0 Å². The van der Waals surface area contributed by atoms with Gasteiger partial charge in [-0.15, -0.1) is 0 Å². The number of carbonyl (C=O) groups is 1. The van der Waals surface area contributed by atoms with Crippen molar-refractivity contribution >= 4 is 39.1 Å². The second-order valence-corrected chi connectivity index (χ2v) is 9.93. The van der Waals surface area contributed by atoms with Crippen molar-refractivity contribution in [2.24, 2.45) is 0 Å². The van der Waals surface area contributed by atoms with E-state index < -0.39 is 17.5 Å². The maximum atomic E-state index is 13.3. The van der Waals surface area contributed by atoms with Crippen LogP contribution in [0.3, 0.4) is 0 Å². The van der Waals surface area contributed by atoms with Gasteiger partial charge in [-0.2, -0.15) is 0 Å². The summed E-state index contributed by atoms with van der Waals surface area (Å²) < 4.78 is 6.92.